The minimum absolute atomic E-state index is 0.172. The first-order valence-electron chi connectivity index (χ1n) is 4.65. The average molecular weight is 198 g/mol. The van der Waals surface area contributed by atoms with Crippen molar-refractivity contribution in [3.63, 3.8) is 0 Å². The summed E-state index contributed by atoms with van der Waals surface area (Å²) in [6, 6.07) is -0.278. The summed E-state index contributed by atoms with van der Waals surface area (Å²) in [5, 5.41) is 5.94. The molecule has 1 aliphatic heterocycles. The minimum Gasteiger partial charge on any atom is -0.466 e. The van der Waals surface area contributed by atoms with Crippen LogP contribution in [0.1, 0.15) is 13.3 Å². The first kappa shape index (κ1) is 10.8. The number of piperazine rings is 1. The normalized spacial score (nSPS) is 20.9. The van der Waals surface area contributed by atoms with Crippen LogP contribution in [0.25, 0.3) is 0 Å². The van der Waals surface area contributed by atoms with Gasteiger partial charge >= 0.3 is 5.97 Å². The molecule has 2 N–H and O–H groups in total. The zero-order chi connectivity index (χ0) is 10.4. The van der Waals surface area contributed by atoms with Crippen LogP contribution in [-0.4, -0.2) is 37.6 Å². The standard InChI is InChI=1S/C9H14N2O3/c1-2-14-9(13)5-7-8(6-12)11-4-3-10-7/h7,10-11H,2-5H2,1H3. The third-order valence-corrected chi connectivity index (χ3v) is 1.97. The van der Waals surface area contributed by atoms with Crippen molar-refractivity contribution in [2.45, 2.75) is 19.4 Å². The van der Waals surface area contributed by atoms with E-state index in [0.29, 0.717) is 18.8 Å². The van der Waals surface area contributed by atoms with Gasteiger partial charge in [-0.25, -0.2) is 4.79 Å². The van der Waals surface area contributed by atoms with Gasteiger partial charge in [-0.2, -0.15) is 0 Å². The van der Waals surface area contributed by atoms with E-state index in [1.54, 1.807) is 12.9 Å². The highest BCUT2D eigenvalue weighted by atomic mass is 16.5. The van der Waals surface area contributed by atoms with Gasteiger partial charge in [-0.3, -0.25) is 4.79 Å². The molecule has 14 heavy (non-hydrogen) atoms. The van der Waals surface area contributed by atoms with Crippen molar-refractivity contribution >= 4 is 11.9 Å². The average Bonchev–Trinajstić information content (AvgIpc) is 2.19. The summed E-state index contributed by atoms with van der Waals surface area (Å²) in [7, 11) is 0. The SMILES string of the molecule is CCOC(=O)CC1NCCNC1=C=O. The van der Waals surface area contributed by atoms with E-state index in [2.05, 4.69) is 10.6 Å². The molecule has 0 bridgehead atoms. The van der Waals surface area contributed by atoms with E-state index in [1.807, 2.05) is 0 Å². The second-order valence-electron chi connectivity index (χ2n) is 2.96. The van der Waals surface area contributed by atoms with Crippen LogP contribution in [0.2, 0.25) is 0 Å². The monoisotopic (exact) mass is 198 g/mol. The first-order chi connectivity index (χ1) is 6.77. The van der Waals surface area contributed by atoms with Gasteiger partial charge < -0.3 is 15.4 Å². The maximum Gasteiger partial charge on any atom is 0.307 e. The lowest BCUT2D eigenvalue weighted by Crippen LogP contribution is -2.47. The number of rotatable bonds is 3. The second kappa shape index (κ2) is 5.42. The Morgan fingerprint density at radius 3 is 3.07 bits per heavy atom. The molecule has 0 spiro atoms. The Balaban J connectivity index is 2.49. The topological polar surface area (TPSA) is 67.4 Å². The Morgan fingerprint density at radius 1 is 1.64 bits per heavy atom. The summed E-state index contributed by atoms with van der Waals surface area (Å²) in [6.07, 6.45) is 0.172. The van der Waals surface area contributed by atoms with Crippen LogP contribution in [0, 0.1) is 0 Å². The fourth-order valence-electron chi connectivity index (χ4n) is 1.34. The van der Waals surface area contributed by atoms with Crippen LogP contribution in [-0.2, 0) is 14.3 Å². The predicted molar refractivity (Wildman–Crippen MR) is 50.2 cm³/mol. The smallest absolute Gasteiger partial charge is 0.307 e. The summed E-state index contributed by atoms with van der Waals surface area (Å²) in [4.78, 5) is 21.6. The van der Waals surface area contributed by atoms with E-state index in [9.17, 15) is 9.59 Å². The van der Waals surface area contributed by atoms with E-state index in [0.717, 1.165) is 6.54 Å². The van der Waals surface area contributed by atoms with Crippen LogP contribution < -0.4 is 10.6 Å². The van der Waals surface area contributed by atoms with Crippen LogP contribution in [0.5, 0.6) is 0 Å². The third-order valence-electron chi connectivity index (χ3n) is 1.97. The molecule has 0 aromatic carbocycles. The summed E-state index contributed by atoms with van der Waals surface area (Å²) in [5.41, 5.74) is 0.407. The minimum atomic E-state index is -0.304. The van der Waals surface area contributed by atoms with Gasteiger partial charge in [-0.05, 0) is 6.92 Å². The fraction of sp³-hybridized carbons (Fsp3) is 0.667. The van der Waals surface area contributed by atoms with Crippen molar-refractivity contribution in [2.75, 3.05) is 19.7 Å². The number of esters is 1. The maximum absolute atomic E-state index is 11.1. The molecular weight excluding hydrogens is 184 g/mol. The van der Waals surface area contributed by atoms with Gasteiger partial charge in [0.1, 0.15) is 11.6 Å². The van der Waals surface area contributed by atoms with Crippen molar-refractivity contribution in [3.8, 4) is 0 Å². The quantitative estimate of drug-likeness (QED) is 0.460. The highest BCUT2D eigenvalue weighted by Crippen LogP contribution is 2.04. The van der Waals surface area contributed by atoms with Gasteiger partial charge in [0.25, 0.3) is 0 Å². The molecule has 5 nitrogen and oxygen atoms in total. The molecule has 0 saturated carbocycles. The lowest BCUT2D eigenvalue weighted by Gasteiger charge is -2.24. The summed E-state index contributed by atoms with van der Waals surface area (Å²) < 4.78 is 4.79. The van der Waals surface area contributed by atoms with Gasteiger partial charge in [0.05, 0.1) is 19.1 Å². The van der Waals surface area contributed by atoms with Crippen molar-refractivity contribution in [3.05, 3.63) is 5.70 Å². The molecule has 78 valence electrons. The van der Waals surface area contributed by atoms with Crippen LogP contribution >= 0.6 is 0 Å². The summed E-state index contributed by atoms with van der Waals surface area (Å²) >= 11 is 0. The molecule has 0 aromatic rings. The van der Waals surface area contributed by atoms with Gasteiger partial charge in [-0.1, -0.05) is 0 Å². The number of hydrogen-bond acceptors (Lipinski definition) is 5. The molecule has 5 heteroatoms. The van der Waals surface area contributed by atoms with Gasteiger partial charge in [0, 0.05) is 13.1 Å². The Kier molecular flexibility index (Phi) is 4.16. The van der Waals surface area contributed by atoms with E-state index in [4.69, 9.17) is 4.74 Å². The van der Waals surface area contributed by atoms with E-state index in [-0.39, 0.29) is 18.4 Å². The predicted octanol–water partition coefficient (Wildman–Crippen LogP) is -0.783. The van der Waals surface area contributed by atoms with Crippen molar-refractivity contribution in [2.24, 2.45) is 0 Å². The Hall–Kier alpha value is -1.32. The Labute approximate surface area is 82.5 Å². The van der Waals surface area contributed by atoms with Gasteiger partial charge in [-0.15, -0.1) is 0 Å². The Bertz CT molecular complexity index is 259. The lowest BCUT2D eigenvalue weighted by atomic mass is 10.1. The molecule has 1 fully saturated rings. The maximum atomic E-state index is 11.1. The van der Waals surface area contributed by atoms with Crippen molar-refractivity contribution in [1.82, 2.24) is 10.6 Å². The van der Waals surface area contributed by atoms with E-state index >= 15 is 0 Å². The number of hydrogen-bond donors (Lipinski definition) is 2. The van der Waals surface area contributed by atoms with Crippen LogP contribution in [0.15, 0.2) is 5.70 Å². The third kappa shape index (κ3) is 2.87. The molecule has 1 aliphatic rings. The molecule has 0 radical (unpaired) electrons. The van der Waals surface area contributed by atoms with E-state index < -0.39 is 0 Å². The summed E-state index contributed by atoms with van der Waals surface area (Å²) in [5.74, 6) is 1.48. The number of ether oxygens (including phenoxy) is 1. The number of nitrogens with one attached hydrogen (secondary N) is 2. The fourth-order valence-corrected chi connectivity index (χ4v) is 1.34. The van der Waals surface area contributed by atoms with Crippen molar-refractivity contribution < 1.29 is 14.3 Å². The molecule has 1 rings (SSSR count). The van der Waals surface area contributed by atoms with Crippen molar-refractivity contribution in [1.29, 1.82) is 0 Å². The molecule has 0 aromatic heterocycles. The molecule has 1 atom stereocenters. The van der Waals surface area contributed by atoms with Gasteiger partial charge in [0.2, 0.25) is 0 Å². The van der Waals surface area contributed by atoms with Crippen LogP contribution in [0.4, 0.5) is 0 Å². The second-order valence-corrected chi connectivity index (χ2v) is 2.96. The van der Waals surface area contributed by atoms with E-state index in [1.165, 1.54) is 0 Å². The molecule has 1 unspecified atom stereocenters. The largest absolute Gasteiger partial charge is 0.466 e. The lowest BCUT2D eigenvalue weighted by molar-refractivity contribution is -0.143. The highest BCUT2D eigenvalue weighted by Gasteiger charge is 2.22. The van der Waals surface area contributed by atoms with Crippen LogP contribution in [0.3, 0.4) is 0 Å². The molecule has 1 heterocycles. The first-order valence-corrected chi connectivity index (χ1v) is 4.65. The highest BCUT2D eigenvalue weighted by molar-refractivity contribution is 5.72. The Morgan fingerprint density at radius 2 is 2.43 bits per heavy atom. The molecule has 0 amide bonds. The molecule has 0 aliphatic carbocycles. The summed E-state index contributed by atoms with van der Waals surface area (Å²) in [6.45, 7) is 3.53. The number of carbonyl (C=O) groups is 1. The molecular formula is C9H14N2O3. The van der Waals surface area contributed by atoms with Gasteiger partial charge in [0.15, 0.2) is 0 Å². The zero-order valence-corrected chi connectivity index (χ0v) is 8.13. The molecule has 1 saturated heterocycles. The zero-order valence-electron chi connectivity index (χ0n) is 8.13. The number of carbonyl (C=O) groups excluding carboxylic acids is 2.